The minimum absolute atomic E-state index is 0.843. The van der Waals surface area contributed by atoms with Crippen molar-refractivity contribution in [2.24, 2.45) is 0 Å². The zero-order valence-electron chi connectivity index (χ0n) is 10.2. The standard InChI is InChI=1S/C14H16N2O/c1-9-4-3-5-11-13(9)16-12-8-15-7-6-10(12)14(11)17-2/h3-5,15H,6-8H2,1-2H3. The quantitative estimate of drug-likeness (QED) is 0.812. The van der Waals surface area contributed by atoms with Gasteiger partial charge in [0, 0.05) is 17.5 Å². The summed E-state index contributed by atoms with van der Waals surface area (Å²) in [6.45, 7) is 3.94. The molecule has 0 saturated heterocycles. The van der Waals surface area contributed by atoms with Gasteiger partial charge >= 0.3 is 0 Å². The van der Waals surface area contributed by atoms with Gasteiger partial charge in [0.05, 0.1) is 18.3 Å². The third-order valence-electron chi connectivity index (χ3n) is 3.40. The first kappa shape index (κ1) is 10.5. The van der Waals surface area contributed by atoms with Gasteiger partial charge in [-0.2, -0.15) is 0 Å². The van der Waals surface area contributed by atoms with Gasteiger partial charge in [-0.1, -0.05) is 12.1 Å². The van der Waals surface area contributed by atoms with E-state index >= 15 is 0 Å². The van der Waals surface area contributed by atoms with Crippen molar-refractivity contribution >= 4 is 10.9 Å². The first-order chi connectivity index (χ1) is 8.31. The monoisotopic (exact) mass is 228 g/mol. The molecular formula is C14H16N2O. The van der Waals surface area contributed by atoms with Gasteiger partial charge in [-0.3, -0.25) is 4.98 Å². The molecule has 0 spiro atoms. The molecule has 1 N–H and O–H groups in total. The Balaban J connectivity index is 2.39. The maximum absolute atomic E-state index is 5.61. The van der Waals surface area contributed by atoms with Crippen molar-refractivity contribution in [3.8, 4) is 5.75 Å². The molecule has 2 heterocycles. The van der Waals surface area contributed by atoms with Gasteiger partial charge in [0.2, 0.25) is 0 Å². The van der Waals surface area contributed by atoms with Crippen molar-refractivity contribution in [2.75, 3.05) is 13.7 Å². The molecular weight excluding hydrogens is 212 g/mol. The maximum Gasteiger partial charge on any atom is 0.133 e. The molecule has 3 nitrogen and oxygen atoms in total. The third-order valence-corrected chi connectivity index (χ3v) is 3.40. The van der Waals surface area contributed by atoms with E-state index in [0.717, 1.165) is 41.9 Å². The van der Waals surface area contributed by atoms with Gasteiger partial charge < -0.3 is 10.1 Å². The van der Waals surface area contributed by atoms with E-state index in [9.17, 15) is 0 Å². The highest BCUT2D eigenvalue weighted by atomic mass is 16.5. The Labute approximate surface area is 101 Å². The summed E-state index contributed by atoms with van der Waals surface area (Å²) in [6, 6.07) is 6.25. The average molecular weight is 228 g/mol. The lowest BCUT2D eigenvalue weighted by Gasteiger charge is -2.21. The molecule has 0 radical (unpaired) electrons. The van der Waals surface area contributed by atoms with Crippen LogP contribution in [0.15, 0.2) is 18.2 Å². The van der Waals surface area contributed by atoms with Crippen LogP contribution in [0.5, 0.6) is 5.75 Å². The van der Waals surface area contributed by atoms with Crippen LogP contribution in [0, 0.1) is 6.92 Å². The number of nitrogens with zero attached hydrogens (tertiary/aromatic N) is 1. The second kappa shape index (κ2) is 4.00. The second-order valence-electron chi connectivity index (χ2n) is 4.47. The van der Waals surface area contributed by atoms with Crippen molar-refractivity contribution in [2.45, 2.75) is 19.9 Å². The summed E-state index contributed by atoms with van der Waals surface area (Å²) in [5, 5.41) is 4.49. The third kappa shape index (κ3) is 1.58. The first-order valence-corrected chi connectivity index (χ1v) is 5.97. The lowest BCUT2D eigenvalue weighted by Crippen LogP contribution is -2.25. The fraction of sp³-hybridized carbons (Fsp3) is 0.357. The second-order valence-corrected chi connectivity index (χ2v) is 4.47. The molecule has 2 aromatic rings. The number of aromatic nitrogens is 1. The van der Waals surface area contributed by atoms with E-state index in [1.807, 2.05) is 0 Å². The predicted molar refractivity (Wildman–Crippen MR) is 68.4 cm³/mol. The smallest absolute Gasteiger partial charge is 0.133 e. The van der Waals surface area contributed by atoms with Gasteiger partial charge in [-0.25, -0.2) is 0 Å². The van der Waals surface area contributed by atoms with Gasteiger partial charge in [0.25, 0.3) is 0 Å². The van der Waals surface area contributed by atoms with Gasteiger partial charge in [-0.15, -0.1) is 0 Å². The summed E-state index contributed by atoms with van der Waals surface area (Å²) in [4.78, 5) is 4.78. The van der Waals surface area contributed by atoms with Crippen LogP contribution in [-0.4, -0.2) is 18.6 Å². The van der Waals surface area contributed by atoms with Crippen LogP contribution >= 0.6 is 0 Å². The van der Waals surface area contributed by atoms with Gasteiger partial charge in [0.15, 0.2) is 0 Å². The number of rotatable bonds is 1. The normalized spacial score (nSPS) is 14.7. The van der Waals surface area contributed by atoms with E-state index in [-0.39, 0.29) is 0 Å². The van der Waals surface area contributed by atoms with Gasteiger partial charge in [0.1, 0.15) is 5.75 Å². The van der Waals surface area contributed by atoms with Crippen molar-refractivity contribution in [1.29, 1.82) is 0 Å². The summed E-state index contributed by atoms with van der Waals surface area (Å²) in [5.41, 5.74) is 4.67. The van der Waals surface area contributed by atoms with E-state index in [0.29, 0.717) is 0 Å². The minimum Gasteiger partial charge on any atom is -0.496 e. The molecule has 88 valence electrons. The zero-order chi connectivity index (χ0) is 11.8. The summed E-state index contributed by atoms with van der Waals surface area (Å²) < 4.78 is 5.61. The van der Waals surface area contributed by atoms with E-state index < -0.39 is 0 Å². The largest absolute Gasteiger partial charge is 0.496 e. The molecule has 0 aliphatic carbocycles. The number of fused-ring (bicyclic) bond motifs is 2. The fourth-order valence-electron chi connectivity index (χ4n) is 2.54. The minimum atomic E-state index is 0.843. The Morgan fingerprint density at radius 3 is 3.06 bits per heavy atom. The Morgan fingerprint density at radius 1 is 1.35 bits per heavy atom. The first-order valence-electron chi connectivity index (χ1n) is 5.97. The highest BCUT2D eigenvalue weighted by Gasteiger charge is 2.18. The summed E-state index contributed by atoms with van der Waals surface area (Å²) in [6.07, 6.45) is 0.995. The number of ether oxygens (including phenoxy) is 1. The molecule has 0 saturated carbocycles. The number of aryl methyl sites for hydroxylation is 1. The predicted octanol–water partition coefficient (Wildman–Crippen LogP) is 2.20. The molecule has 0 amide bonds. The lowest BCUT2D eigenvalue weighted by molar-refractivity contribution is 0.410. The average Bonchev–Trinajstić information content (AvgIpc) is 2.37. The summed E-state index contributed by atoms with van der Waals surface area (Å²) >= 11 is 0. The van der Waals surface area contributed by atoms with Gasteiger partial charge in [-0.05, 0) is 31.5 Å². The van der Waals surface area contributed by atoms with Crippen LogP contribution in [0.2, 0.25) is 0 Å². The number of methoxy groups -OCH3 is 1. The molecule has 3 heteroatoms. The number of nitrogens with one attached hydrogen (secondary N) is 1. The van der Waals surface area contributed by atoms with Crippen LogP contribution < -0.4 is 10.1 Å². The van der Waals surface area contributed by atoms with Crippen LogP contribution in [0.25, 0.3) is 10.9 Å². The number of para-hydroxylation sites is 1. The molecule has 0 unspecified atom stereocenters. The molecule has 3 rings (SSSR count). The van der Waals surface area contributed by atoms with Crippen LogP contribution in [0.4, 0.5) is 0 Å². The molecule has 0 bridgehead atoms. The number of pyridine rings is 1. The van der Waals surface area contributed by atoms with E-state index in [1.54, 1.807) is 7.11 Å². The van der Waals surface area contributed by atoms with Crippen molar-refractivity contribution in [3.63, 3.8) is 0 Å². The van der Waals surface area contributed by atoms with E-state index in [1.165, 1.54) is 11.1 Å². The topological polar surface area (TPSA) is 34.1 Å². The highest BCUT2D eigenvalue weighted by Crippen LogP contribution is 2.33. The molecule has 1 aromatic carbocycles. The molecule has 0 fully saturated rings. The van der Waals surface area contributed by atoms with Crippen molar-refractivity contribution in [1.82, 2.24) is 10.3 Å². The maximum atomic E-state index is 5.61. The Bertz CT molecular complexity index is 578. The lowest BCUT2D eigenvalue weighted by atomic mass is 10.0. The molecule has 0 atom stereocenters. The Kier molecular flexibility index (Phi) is 2.48. The number of hydrogen-bond acceptors (Lipinski definition) is 3. The van der Waals surface area contributed by atoms with Crippen LogP contribution in [0.3, 0.4) is 0 Å². The Hall–Kier alpha value is -1.61. The zero-order valence-corrected chi connectivity index (χ0v) is 10.2. The number of benzene rings is 1. The molecule has 17 heavy (non-hydrogen) atoms. The molecule has 1 aromatic heterocycles. The van der Waals surface area contributed by atoms with E-state index in [4.69, 9.17) is 9.72 Å². The Morgan fingerprint density at radius 2 is 2.24 bits per heavy atom. The highest BCUT2D eigenvalue weighted by molar-refractivity contribution is 5.89. The summed E-state index contributed by atoms with van der Waals surface area (Å²) in [7, 11) is 1.75. The van der Waals surface area contributed by atoms with E-state index in [2.05, 4.69) is 30.4 Å². The molecule has 1 aliphatic rings. The van der Waals surface area contributed by atoms with Crippen LogP contribution in [-0.2, 0) is 13.0 Å². The van der Waals surface area contributed by atoms with Crippen molar-refractivity contribution < 1.29 is 4.74 Å². The van der Waals surface area contributed by atoms with Crippen LogP contribution in [0.1, 0.15) is 16.8 Å². The molecule has 1 aliphatic heterocycles. The number of hydrogen-bond donors (Lipinski definition) is 1. The SMILES string of the molecule is COc1c2c(nc3c(C)cccc13)CNCC2. The van der Waals surface area contributed by atoms with Crippen molar-refractivity contribution in [3.05, 3.63) is 35.0 Å². The summed E-state index contributed by atoms with van der Waals surface area (Å²) in [5.74, 6) is 1.01. The fourth-order valence-corrected chi connectivity index (χ4v) is 2.54.